The van der Waals surface area contributed by atoms with E-state index in [9.17, 15) is 18.7 Å². The fraction of sp³-hybridized carbons (Fsp3) is 0.0556. The molecule has 0 bridgehead atoms. The van der Waals surface area contributed by atoms with Crippen molar-refractivity contribution in [1.29, 1.82) is 0 Å². The molecule has 0 spiro atoms. The van der Waals surface area contributed by atoms with Crippen molar-refractivity contribution in [2.24, 2.45) is 0 Å². The molecule has 1 N–H and O–H groups in total. The minimum atomic E-state index is -1.28. The van der Waals surface area contributed by atoms with Crippen LogP contribution in [0.2, 0.25) is 0 Å². The first-order chi connectivity index (χ1) is 12.4. The number of methoxy groups -OCH3 is 1. The highest BCUT2D eigenvalue weighted by Crippen LogP contribution is 2.29. The van der Waals surface area contributed by atoms with Gasteiger partial charge in [-0.1, -0.05) is 12.1 Å². The number of aromatic nitrogens is 2. The van der Waals surface area contributed by atoms with Gasteiger partial charge in [-0.3, -0.25) is 4.57 Å². The van der Waals surface area contributed by atoms with Gasteiger partial charge >= 0.3 is 5.97 Å². The summed E-state index contributed by atoms with van der Waals surface area (Å²) in [5.41, 5.74) is 0.0817. The van der Waals surface area contributed by atoms with Gasteiger partial charge in [-0.15, -0.1) is 0 Å². The van der Waals surface area contributed by atoms with Crippen LogP contribution in [0.5, 0.6) is 5.75 Å². The van der Waals surface area contributed by atoms with Crippen LogP contribution < -0.4 is 4.74 Å². The highest BCUT2D eigenvalue weighted by molar-refractivity contribution is 5.86. The number of aromatic carboxylic acids is 1. The second kappa shape index (κ2) is 6.64. The number of nitrogens with zero attached hydrogens (tertiary/aromatic N) is 3. The van der Waals surface area contributed by atoms with Crippen LogP contribution >= 0.6 is 0 Å². The maximum Gasteiger partial charge on any atom is 0.356 e. The van der Waals surface area contributed by atoms with Gasteiger partial charge in [0.25, 0.3) is 0 Å². The Labute approximate surface area is 146 Å². The molecule has 0 saturated heterocycles. The summed E-state index contributed by atoms with van der Waals surface area (Å²) in [6.45, 7) is 6.89. The minimum absolute atomic E-state index is 0.0290. The summed E-state index contributed by atoms with van der Waals surface area (Å²) in [5.74, 6) is -2.55. The van der Waals surface area contributed by atoms with E-state index in [1.807, 2.05) is 0 Å². The van der Waals surface area contributed by atoms with Gasteiger partial charge < -0.3 is 9.84 Å². The molecule has 0 aliphatic rings. The molecule has 130 valence electrons. The molecule has 0 aliphatic carbocycles. The number of carboxylic acids is 1. The van der Waals surface area contributed by atoms with Crippen LogP contribution in [0.3, 0.4) is 0 Å². The zero-order valence-electron chi connectivity index (χ0n) is 13.4. The second-order valence-corrected chi connectivity index (χ2v) is 5.22. The third-order valence-corrected chi connectivity index (χ3v) is 3.66. The average Bonchev–Trinajstić information content (AvgIpc) is 3.07. The maximum absolute atomic E-state index is 14.0. The van der Waals surface area contributed by atoms with E-state index in [2.05, 4.69) is 9.83 Å². The summed E-state index contributed by atoms with van der Waals surface area (Å²) in [6.07, 6.45) is 1.21. The molecular formula is C18H11F2N3O3. The van der Waals surface area contributed by atoms with Crippen molar-refractivity contribution < 1.29 is 23.4 Å². The third kappa shape index (κ3) is 2.98. The lowest BCUT2D eigenvalue weighted by atomic mass is 10.1. The van der Waals surface area contributed by atoms with E-state index in [0.717, 1.165) is 12.1 Å². The number of carbonyl (C=O) groups is 1. The largest absolute Gasteiger partial charge is 0.494 e. The average molecular weight is 355 g/mol. The van der Waals surface area contributed by atoms with Crippen molar-refractivity contribution in [2.75, 3.05) is 7.11 Å². The van der Waals surface area contributed by atoms with Gasteiger partial charge in [0.15, 0.2) is 17.3 Å². The van der Waals surface area contributed by atoms with Crippen molar-refractivity contribution >= 4 is 11.7 Å². The van der Waals surface area contributed by atoms with Gasteiger partial charge in [0.1, 0.15) is 11.6 Å². The summed E-state index contributed by atoms with van der Waals surface area (Å²) in [4.78, 5) is 18.3. The molecule has 1 heterocycles. The fourth-order valence-electron chi connectivity index (χ4n) is 2.43. The molecule has 3 rings (SSSR count). The Balaban J connectivity index is 2.20. The SMILES string of the molecule is [C-]#[N+]c1ccc(-c2nc(C(=O)O)cn2-c2ccc(OC)c(F)c2)cc1F. The van der Waals surface area contributed by atoms with Gasteiger partial charge in [0.05, 0.1) is 19.4 Å². The highest BCUT2D eigenvalue weighted by Gasteiger charge is 2.18. The van der Waals surface area contributed by atoms with Crippen LogP contribution in [0.15, 0.2) is 42.6 Å². The van der Waals surface area contributed by atoms with Crippen molar-refractivity contribution in [2.45, 2.75) is 0 Å². The normalized spacial score (nSPS) is 10.4. The van der Waals surface area contributed by atoms with Crippen LogP contribution in [0.4, 0.5) is 14.5 Å². The van der Waals surface area contributed by atoms with E-state index < -0.39 is 17.6 Å². The molecule has 8 heteroatoms. The Bertz CT molecular complexity index is 1050. The minimum Gasteiger partial charge on any atom is -0.494 e. The number of imidazole rings is 1. The summed E-state index contributed by atoms with van der Waals surface area (Å²) < 4.78 is 34.2. The summed E-state index contributed by atoms with van der Waals surface area (Å²) in [7, 11) is 1.32. The van der Waals surface area contributed by atoms with Crippen LogP contribution in [0.25, 0.3) is 21.9 Å². The van der Waals surface area contributed by atoms with Crippen LogP contribution in [-0.2, 0) is 0 Å². The Kier molecular flexibility index (Phi) is 4.37. The molecule has 0 fully saturated rings. The summed E-state index contributed by atoms with van der Waals surface area (Å²) in [5, 5.41) is 9.21. The van der Waals surface area contributed by atoms with E-state index in [4.69, 9.17) is 11.3 Å². The molecular weight excluding hydrogens is 344 g/mol. The first kappa shape index (κ1) is 17.1. The zero-order valence-corrected chi connectivity index (χ0v) is 13.4. The first-order valence-corrected chi connectivity index (χ1v) is 7.28. The molecule has 26 heavy (non-hydrogen) atoms. The number of carboxylic acid groups (broad SMARTS) is 1. The van der Waals surface area contributed by atoms with Gasteiger partial charge in [-0.2, -0.15) is 0 Å². The highest BCUT2D eigenvalue weighted by atomic mass is 19.1. The van der Waals surface area contributed by atoms with Gasteiger partial charge in [0, 0.05) is 17.8 Å². The van der Waals surface area contributed by atoms with Gasteiger partial charge in [-0.05, 0) is 18.2 Å². The van der Waals surface area contributed by atoms with Crippen LogP contribution in [0, 0.1) is 18.2 Å². The van der Waals surface area contributed by atoms with Crippen LogP contribution in [0.1, 0.15) is 10.5 Å². The molecule has 0 aliphatic heterocycles. The van der Waals surface area contributed by atoms with E-state index in [1.165, 1.54) is 42.1 Å². The van der Waals surface area contributed by atoms with E-state index >= 15 is 0 Å². The Morgan fingerprint density at radius 2 is 2.00 bits per heavy atom. The Hall–Kier alpha value is -3.73. The lowest BCUT2D eigenvalue weighted by molar-refractivity contribution is 0.0691. The number of halogens is 2. The first-order valence-electron chi connectivity index (χ1n) is 7.28. The molecule has 0 atom stereocenters. The number of rotatable bonds is 4. The second-order valence-electron chi connectivity index (χ2n) is 5.22. The summed E-state index contributed by atoms with van der Waals surface area (Å²) in [6, 6.07) is 7.85. The molecule has 0 amide bonds. The zero-order chi connectivity index (χ0) is 18.8. The topological polar surface area (TPSA) is 68.7 Å². The number of benzene rings is 2. The molecule has 0 saturated carbocycles. The van der Waals surface area contributed by atoms with Gasteiger partial charge in [-0.25, -0.2) is 23.4 Å². The number of hydrogen-bond acceptors (Lipinski definition) is 3. The standard InChI is InChI=1S/C18H11F2N3O3/c1-21-14-5-3-10(7-12(14)19)17-22-15(18(24)25)9-23(17)11-4-6-16(26-2)13(20)8-11/h3-9H,2H3,(H,24,25). The predicted molar refractivity (Wildman–Crippen MR) is 88.7 cm³/mol. The quantitative estimate of drug-likeness (QED) is 0.716. The smallest absolute Gasteiger partial charge is 0.356 e. The maximum atomic E-state index is 14.0. The lowest BCUT2D eigenvalue weighted by Gasteiger charge is -2.10. The molecule has 2 aromatic carbocycles. The van der Waals surface area contributed by atoms with Crippen LogP contribution in [-0.4, -0.2) is 27.7 Å². The number of ether oxygens (including phenoxy) is 1. The molecule has 3 aromatic rings. The van der Waals surface area contributed by atoms with E-state index in [-0.39, 0.29) is 34.2 Å². The molecule has 1 aromatic heterocycles. The third-order valence-electron chi connectivity index (χ3n) is 3.66. The van der Waals surface area contributed by atoms with E-state index in [1.54, 1.807) is 0 Å². The Morgan fingerprint density at radius 1 is 1.23 bits per heavy atom. The molecule has 6 nitrogen and oxygen atoms in total. The number of hydrogen-bond donors (Lipinski definition) is 1. The summed E-state index contributed by atoms with van der Waals surface area (Å²) >= 11 is 0. The van der Waals surface area contributed by atoms with Gasteiger partial charge in [0.2, 0.25) is 5.69 Å². The lowest BCUT2D eigenvalue weighted by Crippen LogP contribution is -1.98. The fourth-order valence-corrected chi connectivity index (χ4v) is 2.43. The molecule has 0 radical (unpaired) electrons. The Morgan fingerprint density at radius 3 is 2.58 bits per heavy atom. The van der Waals surface area contributed by atoms with E-state index in [0.29, 0.717) is 0 Å². The molecule has 0 unspecified atom stereocenters. The van der Waals surface area contributed by atoms with Crippen molar-refractivity contribution in [1.82, 2.24) is 9.55 Å². The van der Waals surface area contributed by atoms with Crippen molar-refractivity contribution in [3.05, 3.63) is 71.3 Å². The predicted octanol–water partition coefficient (Wildman–Crippen LogP) is 4.08. The monoisotopic (exact) mass is 355 g/mol. The van der Waals surface area contributed by atoms with Crippen molar-refractivity contribution in [3.8, 4) is 22.8 Å². The van der Waals surface area contributed by atoms with Crippen molar-refractivity contribution in [3.63, 3.8) is 0 Å².